The number of hydrogen-bond acceptors (Lipinski definition) is 2. The van der Waals surface area contributed by atoms with E-state index in [0.717, 1.165) is 25.8 Å². The summed E-state index contributed by atoms with van der Waals surface area (Å²) in [7, 11) is 0. The van der Waals surface area contributed by atoms with Gasteiger partial charge in [-0.15, -0.1) is 0 Å². The molecule has 0 aromatic heterocycles. The summed E-state index contributed by atoms with van der Waals surface area (Å²) in [5.41, 5.74) is 6.39. The van der Waals surface area contributed by atoms with Crippen LogP contribution < -0.4 is 11.1 Å². The van der Waals surface area contributed by atoms with Crippen molar-refractivity contribution in [3.05, 3.63) is 35.9 Å². The number of amides is 3. The summed E-state index contributed by atoms with van der Waals surface area (Å²) in [5.74, 6) is 0.282. The summed E-state index contributed by atoms with van der Waals surface area (Å²) >= 11 is 0. The van der Waals surface area contributed by atoms with E-state index in [4.69, 9.17) is 5.73 Å². The Bertz CT molecular complexity index is 518. The molecule has 1 aliphatic heterocycles. The predicted molar refractivity (Wildman–Crippen MR) is 86.4 cm³/mol. The first-order valence-electron chi connectivity index (χ1n) is 7.96. The van der Waals surface area contributed by atoms with Crippen molar-refractivity contribution in [3.8, 4) is 0 Å². The molecule has 3 atom stereocenters. The van der Waals surface area contributed by atoms with Gasteiger partial charge in [0.05, 0.1) is 0 Å². The summed E-state index contributed by atoms with van der Waals surface area (Å²) in [4.78, 5) is 25.5. The van der Waals surface area contributed by atoms with Gasteiger partial charge in [0.15, 0.2) is 0 Å². The van der Waals surface area contributed by atoms with Crippen LogP contribution in [0.25, 0.3) is 0 Å². The van der Waals surface area contributed by atoms with Crippen molar-refractivity contribution in [1.29, 1.82) is 0 Å². The Labute approximate surface area is 131 Å². The molecule has 1 aliphatic rings. The van der Waals surface area contributed by atoms with Gasteiger partial charge in [-0.25, -0.2) is 4.79 Å². The number of benzene rings is 1. The molecule has 1 aromatic carbocycles. The fraction of sp³-hybridized carbons (Fsp3) is 0.529. The van der Waals surface area contributed by atoms with E-state index in [0.29, 0.717) is 5.92 Å². The smallest absolute Gasteiger partial charge is 0.312 e. The van der Waals surface area contributed by atoms with E-state index in [9.17, 15) is 9.59 Å². The average molecular weight is 303 g/mol. The zero-order chi connectivity index (χ0) is 16.1. The van der Waals surface area contributed by atoms with Crippen LogP contribution in [-0.4, -0.2) is 35.5 Å². The Morgan fingerprint density at radius 3 is 2.64 bits per heavy atom. The third-order valence-corrected chi connectivity index (χ3v) is 4.44. The fourth-order valence-electron chi connectivity index (χ4n) is 3.44. The second-order valence-electron chi connectivity index (χ2n) is 5.90. The fourth-order valence-corrected chi connectivity index (χ4v) is 3.44. The number of nitrogens with one attached hydrogen (secondary N) is 1. The lowest BCUT2D eigenvalue weighted by atomic mass is 9.87. The molecule has 1 aromatic rings. The molecule has 0 bridgehead atoms. The largest absolute Gasteiger partial charge is 0.352 e. The Morgan fingerprint density at radius 1 is 1.36 bits per heavy atom. The van der Waals surface area contributed by atoms with Gasteiger partial charge in [-0.2, -0.15) is 0 Å². The minimum absolute atomic E-state index is 0.0457. The van der Waals surface area contributed by atoms with Crippen molar-refractivity contribution >= 4 is 11.9 Å². The van der Waals surface area contributed by atoms with Crippen molar-refractivity contribution in [2.45, 2.75) is 51.1 Å². The summed E-state index contributed by atoms with van der Waals surface area (Å²) in [6.45, 7) is 4.59. The van der Waals surface area contributed by atoms with E-state index < -0.39 is 12.1 Å². The second kappa shape index (κ2) is 7.29. The van der Waals surface area contributed by atoms with Gasteiger partial charge in [-0.3, -0.25) is 4.79 Å². The number of urea groups is 1. The Kier molecular flexibility index (Phi) is 5.41. The molecule has 22 heavy (non-hydrogen) atoms. The van der Waals surface area contributed by atoms with Crippen LogP contribution in [0.2, 0.25) is 0 Å². The van der Waals surface area contributed by atoms with Crippen molar-refractivity contribution in [3.63, 3.8) is 0 Å². The molecule has 0 aliphatic carbocycles. The van der Waals surface area contributed by atoms with Crippen LogP contribution in [0.15, 0.2) is 30.3 Å². The molecule has 0 saturated carbocycles. The van der Waals surface area contributed by atoms with Gasteiger partial charge in [-0.05, 0) is 31.7 Å². The van der Waals surface area contributed by atoms with Crippen LogP contribution in [0.1, 0.15) is 44.6 Å². The predicted octanol–water partition coefficient (Wildman–Crippen LogP) is 2.23. The van der Waals surface area contributed by atoms with Crippen molar-refractivity contribution in [2.75, 3.05) is 6.54 Å². The van der Waals surface area contributed by atoms with Gasteiger partial charge in [0, 0.05) is 18.5 Å². The van der Waals surface area contributed by atoms with Crippen LogP contribution >= 0.6 is 0 Å². The van der Waals surface area contributed by atoms with E-state index in [-0.39, 0.29) is 11.9 Å². The maximum Gasteiger partial charge on any atom is 0.312 e. The first-order chi connectivity index (χ1) is 10.5. The quantitative estimate of drug-likeness (QED) is 0.875. The van der Waals surface area contributed by atoms with E-state index in [1.165, 1.54) is 5.56 Å². The number of carbonyl (C=O) groups excluding carboxylic acids is 2. The highest BCUT2D eigenvalue weighted by atomic mass is 16.2. The van der Waals surface area contributed by atoms with Gasteiger partial charge in [-0.1, -0.05) is 37.3 Å². The minimum Gasteiger partial charge on any atom is -0.352 e. The Morgan fingerprint density at radius 2 is 2.05 bits per heavy atom. The van der Waals surface area contributed by atoms with Crippen LogP contribution in [0.3, 0.4) is 0 Å². The topological polar surface area (TPSA) is 75.4 Å². The number of nitrogens with zero attached hydrogens (tertiary/aromatic N) is 1. The Hall–Kier alpha value is -2.04. The first kappa shape index (κ1) is 16.3. The first-order valence-corrected chi connectivity index (χ1v) is 7.96. The van der Waals surface area contributed by atoms with Gasteiger partial charge >= 0.3 is 6.03 Å². The standard InChI is InChI=1S/C17H25N3O2/c1-3-14(13-8-5-4-6-9-13)15-10-7-11-20(15)16(21)12(2)19-17(18)22/h4-6,8-9,12,14-15H,3,7,10-11H2,1-2H3,(H3,18,19,22)/t12-,14+,15-/m0/s1. The number of likely N-dealkylation sites (tertiary alicyclic amines) is 1. The maximum absolute atomic E-state index is 12.6. The highest BCUT2D eigenvalue weighted by Gasteiger charge is 2.36. The van der Waals surface area contributed by atoms with Crippen LogP contribution in [0.4, 0.5) is 4.79 Å². The van der Waals surface area contributed by atoms with Gasteiger partial charge in [0.25, 0.3) is 0 Å². The number of hydrogen-bond donors (Lipinski definition) is 2. The van der Waals surface area contributed by atoms with E-state index >= 15 is 0 Å². The normalized spacial score (nSPS) is 20.5. The lowest BCUT2D eigenvalue weighted by molar-refractivity contribution is -0.134. The SMILES string of the molecule is CC[C@H](c1ccccc1)[C@@H]1CCCN1C(=O)[C@H](C)NC(N)=O. The van der Waals surface area contributed by atoms with Gasteiger partial charge < -0.3 is 16.0 Å². The lowest BCUT2D eigenvalue weighted by Crippen LogP contribution is -2.50. The summed E-state index contributed by atoms with van der Waals surface area (Å²) in [6, 6.07) is 9.29. The van der Waals surface area contributed by atoms with E-state index in [1.54, 1.807) is 6.92 Å². The molecule has 1 saturated heterocycles. The van der Waals surface area contributed by atoms with E-state index in [1.807, 2.05) is 23.1 Å². The summed E-state index contributed by atoms with van der Waals surface area (Å²) in [5, 5.41) is 2.48. The zero-order valence-corrected chi connectivity index (χ0v) is 13.3. The molecule has 3 amide bonds. The monoisotopic (exact) mass is 303 g/mol. The van der Waals surface area contributed by atoms with Gasteiger partial charge in [0.2, 0.25) is 5.91 Å². The third-order valence-electron chi connectivity index (χ3n) is 4.44. The van der Waals surface area contributed by atoms with Crippen molar-refractivity contribution < 1.29 is 9.59 Å². The number of primary amides is 1. The van der Waals surface area contributed by atoms with Crippen molar-refractivity contribution in [1.82, 2.24) is 10.2 Å². The van der Waals surface area contributed by atoms with E-state index in [2.05, 4.69) is 24.4 Å². The molecule has 0 radical (unpaired) electrons. The molecule has 5 nitrogen and oxygen atoms in total. The maximum atomic E-state index is 12.6. The van der Waals surface area contributed by atoms with Crippen LogP contribution in [0, 0.1) is 0 Å². The molecule has 1 fully saturated rings. The molecule has 0 spiro atoms. The van der Waals surface area contributed by atoms with Gasteiger partial charge in [0.1, 0.15) is 6.04 Å². The average Bonchev–Trinajstić information content (AvgIpc) is 2.97. The highest BCUT2D eigenvalue weighted by molar-refractivity contribution is 5.86. The molecule has 0 unspecified atom stereocenters. The molecular weight excluding hydrogens is 278 g/mol. The number of rotatable bonds is 5. The molecule has 2 rings (SSSR count). The van der Waals surface area contributed by atoms with Crippen molar-refractivity contribution in [2.24, 2.45) is 5.73 Å². The zero-order valence-electron chi connectivity index (χ0n) is 13.3. The van der Waals surface area contributed by atoms with Crippen LogP contribution in [-0.2, 0) is 4.79 Å². The summed E-state index contributed by atoms with van der Waals surface area (Å²) < 4.78 is 0. The summed E-state index contributed by atoms with van der Waals surface area (Å²) in [6.07, 6.45) is 2.99. The molecular formula is C17H25N3O2. The molecule has 120 valence electrons. The lowest BCUT2D eigenvalue weighted by Gasteiger charge is -2.33. The minimum atomic E-state index is -0.660. The highest BCUT2D eigenvalue weighted by Crippen LogP contribution is 2.33. The number of nitrogens with two attached hydrogens (primary N) is 1. The molecule has 1 heterocycles. The third kappa shape index (κ3) is 3.59. The second-order valence-corrected chi connectivity index (χ2v) is 5.90. The van der Waals surface area contributed by atoms with Crippen LogP contribution in [0.5, 0.6) is 0 Å². The molecule has 3 N–H and O–H groups in total. The Balaban J connectivity index is 2.15. The molecule has 5 heteroatoms. The number of carbonyl (C=O) groups is 2.